The topological polar surface area (TPSA) is 58.1 Å². The van der Waals surface area contributed by atoms with E-state index >= 15 is 0 Å². The van der Waals surface area contributed by atoms with Gasteiger partial charge in [-0.3, -0.25) is 9.78 Å². The second-order valence-corrected chi connectivity index (χ2v) is 6.28. The fourth-order valence-corrected chi connectivity index (χ4v) is 3.39. The Labute approximate surface area is 126 Å². The third kappa shape index (κ3) is 3.34. The van der Waals surface area contributed by atoms with Crippen molar-refractivity contribution in [1.29, 1.82) is 0 Å². The van der Waals surface area contributed by atoms with Crippen LogP contribution >= 0.6 is 0 Å². The molecule has 2 aliphatic rings. The van der Waals surface area contributed by atoms with Crippen molar-refractivity contribution >= 4 is 11.7 Å². The zero-order valence-corrected chi connectivity index (χ0v) is 12.7. The molecule has 1 N–H and O–H groups in total. The quantitative estimate of drug-likeness (QED) is 0.923. The van der Waals surface area contributed by atoms with E-state index in [0.29, 0.717) is 12.5 Å². The van der Waals surface area contributed by atoms with Crippen LogP contribution in [0.15, 0.2) is 12.4 Å². The smallest absolute Gasteiger partial charge is 0.225 e. The number of hydrogen-bond acceptors (Lipinski definition) is 4. The fourth-order valence-electron chi connectivity index (χ4n) is 3.39. The molecule has 0 aromatic carbocycles. The molecule has 2 fully saturated rings. The van der Waals surface area contributed by atoms with E-state index in [9.17, 15) is 4.79 Å². The summed E-state index contributed by atoms with van der Waals surface area (Å²) in [6, 6.07) is 0.510. The molecule has 2 heterocycles. The third-order valence-corrected chi connectivity index (χ3v) is 4.70. The Morgan fingerprint density at radius 3 is 2.67 bits per heavy atom. The summed E-state index contributed by atoms with van der Waals surface area (Å²) in [6.45, 7) is 0.856. The van der Waals surface area contributed by atoms with Crippen molar-refractivity contribution in [2.75, 3.05) is 18.9 Å². The van der Waals surface area contributed by atoms with Crippen LogP contribution in [0.25, 0.3) is 0 Å². The van der Waals surface area contributed by atoms with E-state index in [1.54, 1.807) is 12.4 Å². The lowest BCUT2D eigenvalue weighted by molar-refractivity contribution is -0.129. The van der Waals surface area contributed by atoms with Gasteiger partial charge in [-0.1, -0.05) is 19.3 Å². The van der Waals surface area contributed by atoms with E-state index in [0.717, 1.165) is 24.5 Å². The van der Waals surface area contributed by atoms with Gasteiger partial charge in [0.2, 0.25) is 5.91 Å². The van der Waals surface area contributed by atoms with Crippen LogP contribution in [0, 0.1) is 5.92 Å². The molecule has 1 saturated heterocycles. The second-order valence-electron chi connectivity index (χ2n) is 6.28. The standard InChI is InChI=1S/C16H24N4O/c1-20-10-7-12(16(20)21)11-14-15(18-9-8-17-14)19-13-5-3-2-4-6-13/h8-9,12-13H,2-7,10-11H2,1H3,(H,18,19). The molecule has 1 saturated carbocycles. The summed E-state index contributed by atoms with van der Waals surface area (Å²) in [4.78, 5) is 22.8. The summed E-state index contributed by atoms with van der Waals surface area (Å²) in [5, 5.41) is 3.55. The second kappa shape index (κ2) is 6.41. The van der Waals surface area contributed by atoms with Gasteiger partial charge in [0, 0.05) is 44.4 Å². The van der Waals surface area contributed by atoms with Crippen LogP contribution in [0.3, 0.4) is 0 Å². The van der Waals surface area contributed by atoms with Crippen molar-refractivity contribution in [1.82, 2.24) is 14.9 Å². The zero-order chi connectivity index (χ0) is 14.7. The lowest BCUT2D eigenvalue weighted by Crippen LogP contribution is -2.26. The fraction of sp³-hybridized carbons (Fsp3) is 0.688. The van der Waals surface area contributed by atoms with E-state index in [4.69, 9.17) is 0 Å². The highest BCUT2D eigenvalue weighted by Gasteiger charge is 2.30. The number of nitrogens with one attached hydrogen (secondary N) is 1. The van der Waals surface area contributed by atoms with Crippen LogP contribution in [0.4, 0.5) is 5.82 Å². The summed E-state index contributed by atoms with van der Waals surface area (Å²) in [5.74, 6) is 1.19. The molecule has 5 nitrogen and oxygen atoms in total. The molecule has 1 unspecified atom stereocenters. The van der Waals surface area contributed by atoms with Crippen molar-refractivity contribution in [3.8, 4) is 0 Å². The summed E-state index contributed by atoms with van der Waals surface area (Å²) >= 11 is 0. The van der Waals surface area contributed by atoms with Crippen LogP contribution in [0.5, 0.6) is 0 Å². The highest BCUT2D eigenvalue weighted by atomic mass is 16.2. The molecule has 1 amide bonds. The Kier molecular flexibility index (Phi) is 4.36. The van der Waals surface area contributed by atoms with Crippen molar-refractivity contribution in [2.45, 2.75) is 51.0 Å². The molecule has 1 aliphatic heterocycles. The van der Waals surface area contributed by atoms with Crippen molar-refractivity contribution in [3.63, 3.8) is 0 Å². The Morgan fingerprint density at radius 1 is 1.19 bits per heavy atom. The molecule has 1 aromatic heterocycles. The maximum Gasteiger partial charge on any atom is 0.225 e. The monoisotopic (exact) mass is 288 g/mol. The number of likely N-dealkylation sites (tertiary alicyclic amines) is 1. The molecule has 1 atom stereocenters. The van der Waals surface area contributed by atoms with E-state index in [1.807, 2.05) is 11.9 Å². The summed E-state index contributed by atoms with van der Waals surface area (Å²) in [7, 11) is 1.88. The number of amides is 1. The van der Waals surface area contributed by atoms with Gasteiger partial charge in [-0.15, -0.1) is 0 Å². The minimum absolute atomic E-state index is 0.0682. The predicted octanol–water partition coefficient (Wildman–Crippen LogP) is 2.24. The maximum atomic E-state index is 12.1. The van der Waals surface area contributed by atoms with Crippen LogP contribution < -0.4 is 5.32 Å². The van der Waals surface area contributed by atoms with Gasteiger partial charge in [-0.25, -0.2) is 4.98 Å². The van der Waals surface area contributed by atoms with E-state index in [-0.39, 0.29) is 11.8 Å². The number of anilines is 1. The van der Waals surface area contributed by atoms with Gasteiger partial charge in [-0.2, -0.15) is 0 Å². The van der Waals surface area contributed by atoms with Gasteiger partial charge >= 0.3 is 0 Å². The van der Waals surface area contributed by atoms with Crippen LogP contribution in [-0.2, 0) is 11.2 Å². The number of carbonyl (C=O) groups is 1. The largest absolute Gasteiger partial charge is 0.366 e. The molecular weight excluding hydrogens is 264 g/mol. The summed E-state index contributed by atoms with van der Waals surface area (Å²) < 4.78 is 0. The summed E-state index contributed by atoms with van der Waals surface area (Å²) in [6.07, 6.45) is 11.4. The first-order valence-corrected chi connectivity index (χ1v) is 8.05. The molecule has 114 valence electrons. The normalized spacial score (nSPS) is 23.6. The van der Waals surface area contributed by atoms with Crippen molar-refractivity contribution < 1.29 is 4.79 Å². The first-order valence-electron chi connectivity index (χ1n) is 8.05. The van der Waals surface area contributed by atoms with Gasteiger partial charge < -0.3 is 10.2 Å². The Hall–Kier alpha value is -1.65. The van der Waals surface area contributed by atoms with E-state index in [1.165, 1.54) is 32.1 Å². The van der Waals surface area contributed by atoms with Gasteiger partial charge in [0.05, 0.1) is 5.69 Å². The molecule has 1 aromatic rings. The van der Waals surface area contributed by atoms with Gasteiger partial charge in [-0.05, 0) is 19.3 Å². The first-order chi connectivity index (χ1) is 10.2. The highest BCUT2D eigenvalue weighted by Crippen LogP contribution is 2.25. The molecule has 21 heavy (non-hydrogen) atoms. The van der Waals surface area contributed by atoms with Gasteiger partial charge in [0.15, 0.2) is 0 Å². The average molecular weight is 288 g/mol. The number of aromatic nitrogens is 2. The maximum absolute atomic E-state index is 12.1. The lowest BCUT2D eigenvalue weighted by Gasteiger charge is -2.24. The number of carbonyl (C=O) groups excluding carboxylic acids is 1. The number of nitrogens with zero attached hydrogens (tertiary/aromatic N) is 3. The van der Waals surface area contributed by atoms with Gasteiger partial charge in [0.1, 0.15) is 5.82 Å². The average Bonchev–Trinajstić information content (AvgIpc) is 2.82. The van der Waals surface area contributed by atoms with E-state index in [2.05, 4.69) is 15.3 Å². The van der Waals surface area contributed by atoms with E-state index < -0.39 is 0 Å². The minimum Gasteiger partial charge on any atom is -0.366 e. The van der Waals surface area contributed by atoms with Crippen molar-refractivity contribution in [2.24, 2.45) is 5.92 Å². The van der Waals surface area contributed by atoms with Crippen LogP contribution in [0.1, 0.15) is 44.2 Å². The molecule has 0 radical (unpaired) electrons. The molecule has 5 heteroatoms. The lowest BCUT2D eigenvalue weighted by atomic mass is 9.95. The predicted molar refractivity (Wildman–Crippen MR) is 82.0 cm³/mol. The number of hydrogen-bond donors (Lipinski definition) is 1. The number of rotatable bonds is 4. The van der Waals surface area contributed by atoms with Crippen molar-refractivity contribution in [3.05, 3.63) is 18.1 Å². The Bertz CT molecular complexity index is 499. The molecule has 1 aliphatic carbocycles. The first kappa shape index (κ1) is 14.3. The van der Waals surface area contributed by atoms with Crippen LogP contribution in [-0.4, -0.2) is 40.4 Å². The van der Waals surface area contributed by atoms with Crippen LogP contribution in [0.2, 0.25) is 0 Å². The highest BCUT2D eigenvalue weighted by molar-refractivity contribution is 5.80. The van der Waals surface area contributed by atoms with Gasteiger partial charge in [0.25, 0.3) is 0 Å². The Balaban J connectivity index is 1.68. The molecule has 3 rings (SSSR count). The third-order valence-electron chi connectivity index (χ3n) is 4.70. The SMILES string of the molecule is CN1CCC(Cc2nccnc2NC2CCCCC2)C1=O. The minimum atomic E-state index is 0.0682. The molecular formula is C16H24N4O. The molecule has 0 spiro atoms. The molecule has 0 bridgehead atoms. The zero-order valence-electron chi connectivity index (χ0n) is 12.7. The summed E-state index contributed by atoms with van der Waals surface area (Å²) in [5.41, 5.74) is 0.941. The Morgan fingerprint density at radius 2 is 1.95 bits per heavy atom.